The highest BCUT2D eigenvalue weighted by molar-refractivity contribution is 5.89. The fourth-order valence-electron chi connectivity index (χ4n) is 2.24. The third kappa shape index (κ3) is 4.60. The molecule has 0 fully saturated rings. The number of nitrogen functional groups attached to an aromatic ring is 1. The van der Waals surface area contributed by atoms with Crippen molar-refractivity contribution in [2.24, 2.45) is 0 Å². The maximum absolute atomic E-state index is 12.0. The second kappa shape index (κ2) is 8.00. The van der Waals surface area contributed by atoms with Crippen LogP contribution in [-0.2, 0) is 11.3 Å². The topological polar surface area (TPSA) is 132 Å². The van der Waals surface area contributed by atoms with Crippen molar-refractivity contribution in [2.75, 3.05) is 18.2 Å². The van der Waals surface area contributed by atoms with Gasteiger partial charge in [-0.15, -0.1) is 0 Å². The second-order valence-electron chi connectivity index (χ2n) is 5.38. The second-order valence-corrected chi connectivity index (χ2v) is 5.38. The number of carbonyl (C=O) groups is 1. The number of anilines is 3. The molecule has 0 spiro atoms. The molecule has 0 atom stereocenters. The molecule has 4 N–H and O–H groups in total. The summed E-state index contributed by atoms with van der Waals surface area (Å²) in [4.78, 5) is 24.2. The van der Waals surface area contributed by atoms with Crippen molar-refractivity contribution >= 4 is 23.6 Å². The molecule has 1 heterocycles. The molecule has 0 aliphatic carbocycles. The van der Waals surface area contributed by atoms with Gasteiger partial charge in [0.05, 0.1) is 18.4 Å². The van der Waals surface area contributed by atoms with Gasteiger partial charge in [-0.05, 0) is 36.4 Å². The van der Waals surface area contributed by atoms with Gasteiger partial charge < -0.3 is 25.6 Å². The van der Waals surface area contributed by atoms with Crippen LogP contribution in [0.3, 0.4) is 0 Å². The summed E-state index contributed by atoms with van der Waals surface area (Å²) < 4.78 is 10.4. The molecule has 2 aromatic carbocycles. The van der Waals surface area contributed by atoms with Crippen LogP contribution in [0.15, 0.2) is 48.5 Å². The zero-order valence-corrected chi connectivity index (χ0v) is 14.4. The maximum Gasteiger partial charge on any atom is 0.338 e. The van der Waals surface area contributed by atoms with Crippen LogP contribution in [0.5, 0.6) is 11.5 Å². The van der Waals surface area contributed by atoms with Crippen molar-refractivity contribution in [1.82, 2.24) is 15.0 Å². The van der Waals surface area contributed by atoms with E-state index in [9.17, 15) is 9.90 Å². The molecule has 27 heavy (non-hydrogen) atoms. The number of esters is 1. The van der Waals surface area contributed by atoms with Crippen LogP contribution in [-0.4, -0.2) is 33.1 Å². The SMILES string of the molecule is COc1ccccc1Nc1nc(N)nc(COC(=O)c2ccc(O)cc2)n1. The molecule has 0 radical (unpaired) electrons. The first-order valence-corrected chi connectivity index (χ1v) is 7.92. The van der Waals surface area contributed by atoms with Gasteiger partial charge in [-0.25, -0.2) is 4.79 Å². The van der Waals surface area contributed by atoms with E-state index in [1.165, 1.54) is 24.3 Å². The van der Waals surface area contributed by atoms with Crippen molar-refractivity contribution in [3.63, 3.8) is 0 Å². The molecule has 0 saturated carbocycles. The van der Waals surface area contributed by atoms with E-state index in [2.05, 4.69) is 20.3 Å². The fourth-order valence-corrected chi connectivity index (χ4v) is 2.24. The summed E-state index contributed by atoms with van der Waals surface area (Å²) in [5.41, 5.74) is 6.66. The van der Waals surface area contributed by atoms with Crippen LogP contribution >= 0.6 is 0 Å². The van der Waals surface area contributed by atoms with Crippen molar-refractivity contribution < 1.29 is 19.4 Å². The Hall–Kier alpha value is -3.88. The number of carbonyl (C=O) groups excluding carboxylic acids is 1. The Bertz CT molecular complexity index is 947. The first kappa shape index (κ1) is 17.9. The lowest BCUT2D eigenvalue weighted by atomic mass is 10.2. The van der Waals surface area contributed by atoms with Crippen LogP contribution in [0.4, 0.5) is 17.6 Å². The third-order valence-corrected chi connectivity index (χ3v) is 3.49. The minimum Gasteiger partial charge on any atom is -0.508 e. The number of nitrogens with zero attached hydrogens (tertiary/aromatic N) is 3. The van der Waals surface area contributed by atoms with E-state index in [4.69, 9.17) is 15.2 Å². The number of aromatic hydroxyl groups is 1. The smallest absolute Gasteiger partial charge is 0.338 e. The molecule has 0 aliphatic heterocycles. The summed E-state index contributed by atoms with van der Waals surface area (Å²) in [7, 11) is 1.55. The van der Waals surface area contributed by atoms with Crippen LogP contribution in [0.25, 0.3) is 0 Å². The normalized spacial score (nSPS) is 10.3. The number of phenols is 1. The largest absolute Gasteiger partial charge is 0.508 e. The van der Waals surface area contributed by atoms with Gasteiger partial charge in [0, 0.05) is 0 Å². The number of rotatable bonds is 6. The number of methoxy groups -OCH3 is 1. The van der Waals surface area contributed by atoms with Crippen molar-refractivity contribution in [2.45, 2.75) is 6.61 Å². The van der Waals surface area contributed by atoms with Gasteiger partial charge in [-0.2, -0.15) is 15.0 Å². The first-order chi connectivity index (χ1) is 13.0. The molecule has 0 aliphatic rings. The van der Waals surface area contributed by atoms with Gasteiger partial charge in [0.15, 0.2) is 12.4 Å². The highest BCUT2D eigenvalue weighted by atomic mass is 16.5. The van der Waals surface area contributed by atoms with Crippen molar-refractivity contribution in [3.8, 4) is 11.5 Å². The maximum atomic E-state index is 12.0. The van der Waals surface area contributed by atoms with Crippen LogP contribution in [0, 0.1) is 0 Å². The van der Waals surface area contributed by atoms with Gasteiger partial charge in [0.1, 0.15) is 11.5 Å². The monoisotopic (exact) mass is 367 g/mol. The molecule has 3 rings (SSSR count). The number of nitrogens with one attached hydrogen (secondary N) is 1. The predicted molar refractivity (Wildman–Crippen MR) is 97.7 cm³/mol. The van der Waals surface area contributed by atoms with E-state index < -0.39 is 5.97 Å². The zero-order chi connectivity index (χ0) is 19.2. The Morgan fingerprint density at radius 3 is 2.59 bits per heavy atom. The molecular weight excluding hydrogens is 350 g/mol. The van der Waals surface area contributed by atoms with Gasteiger partial charge in [0.25, 0.3) is 0 Å². The lowest BCUT2D eigenvalue weighted by Gasteiger charge is -2.11. The summed E-state index contributed by atoms with van der Waals surface area (Å²) in [6.45, 7) is -0.187. The predicted octanol–water partition coefficient (Wildman–Crippen LogP) is 2.27. The third-order valence-electron chi connectivity index (χ3n) is 3.49. The number of phenolic OH excluding ortho intramolecular Hbond substituents is 1. The van der Waals surface area contributed by atoms with Crippen LogP contribution < -0.4 is 15.8 Å². The Kier molecular flexibility index (Phi) is 5.31. The molecule has 0 bridgehead atoms. The fraction of sp³-hybridized carbons (Fsp3) is 0.111. The van der Waals surface area contributed by atoms with Crippen molar-refractivity contribution in [3.05, 3.63) is 59.9 Å². The van der Waals surface area contributed by atoms with Gasteiger partial charge in [-0.1, -0.05) is 12.1 Å². The van der Waals surface area contributed by atoms with E-state index >= 15 is 0 Å². The Morgan fingerprint density at radius 1 is 1.11 bits per heavy atom. The molecule has 0 amide bonds. The van der Waals surface area contributed by atoms with Gasteiger partial charge in [0.2, 0.25) is 11.9 Å². The highest BCUT2D eigenvalue weighted by Gasteiger charge is 2.11. The molecule has 9 heteroatoms. The lowest BCUT2D eigenvalue weighted by molar-refractivity contribution is 0.0462. The molecule has 138 valence electrons. The molecular formula is C18H17N5O4. The highest BCUT2D eigenvalue weighted by Crippen LogP contribution is 2.25. The van der Waals surface area contributed by atoms with Crippen LogP contribution in [0.1, 0.15) is 16.2 Å². The van der Waals surface area contributed by atoms with E-state index in [1.807, 2.05) is 12.1 Å². The first-order valence-electron chi connectivity index (χ1n) is 7.92. The number of para-hydroxylation sites is 2. The standard InChI is InChI=1S/C18H17N5O4/c1-26-14-5-3-2-4-13(14)20-18-22-15(21-17(19)23-18)10-27-16(25)11-6-8-12(24)9-7-11/h2-9,24H,10H2,1H3,(H3,19,20,21,22,23). The Morgan fingerprint density at radius 2 is 1.85 bits per heavy atom. The minimum absolute atomic E-state index is 0.0157. The molecule has 1 aromatic heterocycles. The lowest BCUT2D eigenvalue weighted by Crippen LogP contribution is -2.11. The molecule has 3 aromatic rings. The summed E-state index contributed by atoms with van der Waals surface area (Å²) >= 11 is 0. The Labute approximate surface area is 154 Å². The summed E-state index contributed by atoms with van der Waals surface area (Å²) in [6.07, 6.45) is 0. The van der Waals surface area contributed by atoms with Crippen LogP contribution in [0.2, 0.25) is 0 Å². The number of nitrogens with two attached hydrogens (primary N) is 1. The average molecular weight is 367 g/mol. The van der Waals surface area contributed by atoms with E-state index in [0.717, 1.165) is 0 Å². The summed E-state index contributed by atoms with van der Waals surface area (Å²) in [5.74, 6) is 0.460. The van der Waals surface area contributed by atoms with Gasteiger partial charge >= 0.3 is 5.97 Å². The summed E-state index contributed by atoms with van der Waals surface area (Å²) in [6, 6.07) is 12.9. The van der Waals surface area contributed by atoms with Gasteiger partial charge in [-0.3, -0.25) is 0 Å². The molecule has 0 unspecified atom stereocenters. The Balaban J connectivity index is 1.71. The minimum atomic E-state index is -0.576. The van der Waals surface area contributed by atoms with E-state index in [0.29, 0.717) is 17.0 Å². The molecule has 9 nitrogen and oxygen atoms in total. The quantitative estimate of drug-likeness (QED) is 0.561. The van der Waals surface area contributed by atoms with E-state index in [-0.39, 0.29) is 30.1 Å². The van der Waals surface area contributed by atoms with E-state index in [1.54, 1.807) is 19.2 Å². The number of aromatic nitrogens is 3. The zero-order valence-electron chi connectivity index (χ0n) is 14.4. The average Bonchev–Trinajstić information content (AvgIpc) is 2.67. The number of hydrogen-bond donors (Lipinski definition) is 3. The number of benzene rings is 2. The summed E-state index contributed by atoms with van der Waals surface area (Å²) in [5, 5.41) is 12.3. The number of hydrogen-bond acceptors (Lipinski definition) is 9. The number of ether oxygens (including phenoxy) is 2. The molecule has 0 saturated heterocycles. The van der Waals surface area contributed by atoms with Crippen molar-refractivity contribution in [1.29, 1.82) is 0 Å².